The summed E-state index contributed by atoms with van der Waals surface area (Å²) in [6.07, 6.45) is 5.49. The van der Waals surface area contributed by atoms with E-state index in [0.717, 1.165) is 30.0 Å². The normalized spacial score (nSPS) is 14.6. The first-order chi connectivity index (χ1) is 12.8. The summed E-state index contributed by atoms with van der Waals surface area (Å²) < 4.78 is 1.73. The summed E-state index contributed by atoms with van der Waals surface area (Å²) >= 11 is 0. The molecule has 0 unspecified atom stereocenters. The van der Waals surface area contributed by atoms with Crippen LogP contribution in [0.5, 0.6) is 0 Å². The molecule has 3 aromatic rings. The number of anilines is 1. The van der Waals surface area contributed by atoms with Gasteiger partial charge in [-0.3, -0.25) is 4.57 Å². The summed E-state index contributed by atoms with van der Waals surface area (Å²) in [5, 5.41) is 0. The smallest absolute Gasteiger partial charge is 0.350 e. The second kappa shape index (κ2) is 7.56. The molecule has 4 nitrogen and oxygen atoms in total. The molecule has 0 spiro atoms. The minimum absolute atomic E-state index is 0.173. The SMILES string of the molecule is O=c1nc(N2CCCCC2)ccn1C(c1ccccc1)c1ccccc1. The zero-order valence-corrected chi connectivity index (χ0v) is 14.8. The van der Waals surface area contributed by atoms with Crippen molar-refractivity contribution in [3.8, 4) is 0 Å². The second-order valence-corrected chi connectivity index (χ2v) is 6.75. The third-order valence-electron chi connectivity index (χ3n) is 5.00. The predicted octanol–water partition coefficient (Wildman–Crippen LogP) is 3.87. The zero-order chi connectivity index (χ0) is 17.8. The molecule has 0 amide bonds. The molecule has 1 aromatic heterocycles. The van der Waals surface area contributed by atoms with Gasteiger partial charge in [0.1, 0.15) is 5.82 Å². The molecular weight excluding hydrogens is 322 g/mol. The molecule has 0 aliphatic carbocycles. The van der Waals surface area contributed by atoms with Crippen molar-refractivity contribution in [2.75, 3.05) is 18.0 Å². The Kier molecular flexibility index (Phi) is 4.82. The van der Waals surface area contributed by atoms with Crippen LogP contribution >= 0.6 is 0 Å². The number of nitrogens with zero attached hydrogens (tertiary/aromatic N) is 3. The van der Waals surface area contributed by atoms with E-state index in [2.05, 4.69) is 34.1 Å². The van der Waals surface area contributed by atoms with Crippen molar-refractivity contribution in [1.29, 1.82) is 0 Å². The fraction of sp³-hybridized carbons (Fsp3) is 0.273. The van der Waals surface area contributed by atoms with Gasteiger partial charge in [0, 0.05) is 19.3 Å². The Bertz CT molecular complexity index is 860. The fourth-order valence-electron chi connectivity index (χ4n) is 3.68. The van der Waals surface area contributed by atoms with Crippen LogP contribution in [0, 0.1) is 0 Å². The summed E-state index contributed by atoms with van der Waals surface area (Å²) in [4.78, 5) is 19.5. The van der Waals surface area contributed by atoms with Crippen molar-refractivity contribution < 1.29 is 0 Å². The molecule has 1 aliphatic rings. The molecule has 1 aliphatic heterocycles. The van der Waals surface area contributed by atoms with Gasteiger partial charge in [0.15, 0.2) is 0 Å². The van der Waals surface area contributed by atoms with Gasteiger partial charge in [-0.1, -0.05) is 60.7 Å². The zero-order valence-electron chi connectivity index (χ0n) is 14.8. The third-order valence-corrected chi connectivity index (χ3v) is 5.00. The topological polar surface area (TPSA) is 38.1 Å². The van der Waals surface area contributed by atoms with Crippen LogP contribution in [0.15, 0.2) is 77.7 Å². The minimum atomic E-state index is -0.203. The molecule has 0 radical (unpaired) electrons. The number of aromatic nitrogens is 2. The van der Waals surface area contributed by atoms with E-state index in [9.17, 15) is 4.79 Å². The summed E-state index contributed by atoms with van der Waals surface area (Å²) in [6.45, 7) is 1.97. The number of piperidine rings is 1. The lowest BCUT2D eigenvalue weighted by Gasteiger charge is -2.28. The summed E-state index contributed by atoms with van der Waals surface area (Å²) in [7, 11) is 0. The van der Waals surface area contributed by atoms with Crippen molar-refractivity contribution in [2.24, 2.45) is 0 Å². The first-order valence-electron chi connectivity index (χ1n) is 9.27. The fourth-order valence-corrected chi connectivity index (χ4v) is 3.68. The van der Waals surface area contributed by atoms with E-state index in [1.165, 1.54) is 19.3 Å². The number of benzene rings is 2. The molecule has 1 saturated heterocycles. The van der Waals surface area contributed by atoms with Gasteiger partial charge in [0.05, 0.1) is 6.04 Å². The molecule has 0 saturated carbocycles. The highest BCUT2D eigenvalue weighted by Crippen LogP contribution is 2.25. The van der Waals surface area contributed by atoms with Crippen LogP contribution in [0.3, 0.4) is 0 Å². The number of hydrogen-bond acceptors (Lipinski definition) is 3. The van der Waals surface area contributed by atoms with E-state index in [0.29, 0.717) is 0 Å². The Morgan fingerprint density at radius 2 is 1.35 bits per heavy atom. The molecule has 1 fully saturated rings. The maximum Gasteiger partial charge on any atom is 0.350 e. The van der Waals surface area contributed by atoms with E-state index in [1.54, 1.807) is 4.57 Å². The van der Waals surface area contributed by atoms with E-state index < -0.39 is 0 Å². The van der Waals surface area contributed by atoms with Crippen LogP contribution in [0.4, 0.5) is 5.82 Å². The van der Waals surface area contributed by atoms with Crippen LogP contribution in [0.25, 0.3) is 0 Å². The molecule has 4 heteroatoms. The largest absolute Gasteiger partial charge is 0.356 e. The lowest BCUT2D eigenvalue weighted by Crippen LogP contribution is -2.34. The van der Waals surface area contributed by atoms with Gasteiger partial charge in [0.25, 0.3) is 0 Å². The minimum Gasteiger partial charge on any atom is -0.356 e. The molecule has 0 atom stereocenters. The lowest BCUT2D eigenvalue weighted by molar-refractivity contribution is 0.566. The molecule has 132 valence electrons. The first-order valence-corrected chi connectivity index (χ1v) is 9.27. The van der Waals surface area contributed by atoms with Crippen molar-refractivity contribution in [3.63, 3.8) is 0 Å². The van der Waals surface area contributed by atoms with E-state index in [-0.39, 0.29) is 11.7 Å². The predicted molar refractivity (Wildman–Crippen MR) is 105 cm³/mol. The van der Waals surface area contributed by atoms with Gasteiger partial charge in [-0.05, 0) is 36.5 Å². The summed E-state index contributed by atoms with van der Waals surface area (Å²) in [5.74, 6) is 0.797. The van der Waals surface area contributed by atoms with Crippen molar-refractivity contribution in [2.45, 2.75) is 25.3 Å². The maximum atomic E-state index is 12.9. The van der Waals surface area contributed by atoms with Crippen molar-refractivity contribution in [1.82, 2.24) is 9.55 Å². The average molecular weight is 345 g/mol. The molecule has 26 heavy (non-hydrogen) atoms. The molecular formula is C22H23N3O. The molecule has 0 bridgehead atoms. The monoisotopic (exact) mass is 345 g/mol. The average Bonchev–Trinajstić information content (AvgIpc) is 2.72. The first kappa shape index (κ1) is 16.6. The van der Waals surface area contributed by atoms with E-state index >= 15 is 0 Å². The van der Waals surface area contributed by atoms with Crippen LogP contribution in [-0.2, 0) is 0 Å². The highest BCUT2D eigenvalue weighted by Gasteiger charge is 2.19. The highest BCUT2D eigenvalue weighted by atomic mass is 16.1. The highest BCUT2D eigenvalue weighted by molar-refractivity contribution is 5.38. The molecule has 0 N–H and O–H groups in total. The van der Waals surface area contributed by atoms with Gasteiger partial charge < -0.3 is 4.90 Å². The molecule has 2 aromatic carbocycles. The van der Waals surface area contributed by atoms with Crippen molar-refractivity contribution >= 4 is 5.82 Å². The van der Waals surface area contributed by atoms with Crippen LogP contribution in [0.2, 0.25) is 0 Å². The van der Waals surface area contributed by atoms with E-state index in [1.807, 2.05) is 48.7 Å². The number of hydrogen-bond donors (Lipinski definition) is 0. The van der Waals surface area contributed by atoms with Crippen LogP contribution in [0.1, 0.15) is 36.4 Å². The molecule has 2 heterocycles. The Hall–Kier alpha value is -2.88. The summed E-state index contributed by atoms with van der Waals surface area (Å²) in [6, 6.07) is 22.0. The summed E-state index contributed by atoms with van der Waals surface area (Å²) in [5.41, 5.74) is 1.95. The van der Waals surface area contributed by atoms with Crippen LogP contribution in [-0.4, -0.2) is 22.6 Å². The Balaban J connectivity index is 1.75. The third kappa shape index (κ3) is 3.40. The van der Waals surface area contributed by atoms with Crippen LogP contribution < -0.4 is 10.6 Å². The Labute approximate surface area is 153 Å². The van der Waals surface area contributed by atoms with Gasteiger partial charge >= 0.3 is 5.69 Å². The van der Waals surface area contributed by atoms with E-state index in [4.69, 9.17) is 0 Å². The second-order valence-electron chi connectivity index (χ2n) is 6.75. The van der Waals surface area contributed by atoms with Gasteiger partial charge in [0.2, 0.25) is 0 Å². The Morgan fingerprint density at radius 3 is 1.88 bits per heavy atom. The van der Waals surface area contributed by atoms with Gasteiger partial charge in [-0.25, -0.2) is 4.79 Å². The van der Waals surface area contributed by atoms with Crippen molar-refractivity contribution in [3.05, 3.63) is 94.5 Å². The quantitative estimate of drug-likeness (QED) is 0.720. The van der Waals surface area contributed by atoms with Gasteiger partial charge in [-0.2, -0.15) is 4.98 Å². The maximum absolute atomic E-state index is 12.9. The number of rotatable bonds is 4. The molecule has 4 rings (SSSR count). The Morgan fingerprint density at radius 1 is 0.769 bits per heavy atom. The standard InChI is InChI=1S/C22H23N3O/c26-22-23-20(24-15-8-3-9-16-24)14-17-25(22)21(18-10-4-1-5-11-18)19-12-6-2-7-13-19/h1-2,4-7,10-14,17,21H,3,8-9,15-16H2. The van der Waals surface area contributed by atoms with Gasteiger partial charge in [-0.15, -0.1) is 0 Å². The lowest BCUT2D eigenvalue weighted by atomic mass is 9.98.